The summed E-state index contributed by atoms with van der Waals surface area (Å²) in [5, 5.41) is 1.25. The number of nitrogens with zero attached hydrogens (tertiary/aromatic N) is 4. The molecule has 0 aliphatic rings. The fraction of sp³-hybridized carbons (Fsp3) is 0.0800. The molecule has 0 aliphatic heterocycles. The summed E-state index contributed by atoms with van der Waals surface area (Å²) in [5.74, 6) is -0.532. The van der Waals surface area contributed by atoms with Crippen LogP contribution in [-0.4, -0.2) is 32.2 Å². The van der Waals surface area contributed by atoms with Crippen molar-refractivity contribution in [2.75, 3.05) is 7.11 Å². The Morgan fingerprint density at radius 1 is 0.970 bits per heavy atom. The first-order valence-electron chi connectivity index (χ1n) is 10.2. The Bertz CT molecular complexity index is 1650. The minimum atomic E-state index is -0.580. The molecule has 0 fully saturated rings. The molecule has 8 nitrogen and oxygen atoms in total. The van der Waals surface area contributed by atoms with Gasteiger partial charge in [-0.3, -0.25) is 14.3 Å². The van der Waals surface area contributed by atoms with Crippen LogP contribution >= 0.6 is 0 Å². The smallest absolute Gasteiger partial charge is 0.337 e. The highest BCUT2D eigenvalue weighted by Crippen LogP contribution is 2.16. The molecule has 3 heterocycles. The summed E-state index contributed by atoms with van der Waals surface area (Å²) >= 11 is 0. The van der Waals surface area contributed by atoms with E-state index in [1.165, 1.54) is 23.9 Å². The van der Waals surface area contributed by atoms with Gasteiger partial charge in [-0.05, 0) is 42.5 Å². The summed E-state index contributed by atoms with van der Waals surface area (Å²) < 4.78 is 7.25. The lowest BCUT2D eigenvalue weighted by molar-refractivity contribution is 0.0600. The van der Waals surface area contributed by atoms with Gasteiger partial charge < -0.3 is 4.74 Å². The molecule has 0 saturated carbocycles. The van der Waals surface area contributed by atoms with Crippen molar-refractivity contribution in [3.63, 3.8) is 0 Å². The van der Waals surface area contributed by atoms with Gasteiger partial charge in [0.25, 0.3) is 5.56 Å². The molecule has 0 aliphatic carbocycles. The van der Waals surface area contributed by atoms with Crippen molar-refractivity contribution < 1.29 is 9.53 Å². The van der Waals surface area contributed by atoms with E-state index in [4.69, 9.17) is 4.74 Å². The van der Waals surface area contributed by atoms with Gasteiger partial charge in [0.15, 0.2) is 5.65 Å². The van der Waals surface area contributed by atoms with Crippen LogP contribution < -0.4 is 11.2 Å². The molecule has 0 spiro atoms. The molecule has 0 atom stereocenters. The van der Waals surface area contributed by atoms with Crippen molar-refractivity contribution >= 4 is 27.9 Å². The summed E-state index contributed by atoms with van der Waals surface area (Å²) in [6.07, 6.45) is 1.51. The van der Waals surface area contributed by atoms with Gasteiger partial charge in [0.2, 0.25) is 0 Å². The predicted molar refractivity (Wildman–Crippen MR) is 124 cm³/mol. The lowest BCUT2D eigenvalue weighted by Crippen LogP contribution is -2.40. The Kier molecular flexibility index (Phi) is 5.02. The number of hydrogen-bond acceptors (Lipinski definition) is 6. The molecule has 3 aromatic heterocycles. The first-order valence-corrected chi connectivity index (χ1v) is 10.2. The number of carbonyl (C=O) groups excluding carboxylic acids is 1. The maximum Gasteiger partial charge on any atom is 0.337 e. The van der Waals surface area contributed by atoms with Gasteiger partial charge in [-0.2, -0.15) is 0 Å². The molecular weight excluding hydrogens is 420 g/mol. The van der Waals surface area contributed by atoms with E-state index in [9.17, 15) is 14.4 Å². The van der Waals surface area contributed by atoms with Crippen LogP contribution in [0.5, 0.6) is 0 Å². The maximum absolute atomic E-state index is 13.6. The fourth-order valence-electron chi connectivity index (χ4n) is 3.81. The summed E-state index contributed by atoms with van der Waals surface area (Å²) in [7, 11) is 1.29. The second-order valence-electron chi connectivity index (χ2n) is 7.42. The number of rotatable bonds is 4. The summed E-state index contributed by atoms with van der Waals surface area (Å²) in [6.45, 7) is -0.00989. The number of para-hydroxylation sites is 1. The Morgan fingerprint density at radius 2 is 1.82 bits per heavy atom. The standard InChI is InChI=1S/C25H18N4O4/c1-33-24(31)17-7-4-8-19(14-17)29-22-20(9-5-13-26-22)23(30)28(25(29)32)15-18-12-11-16-6-2-3-10-21(16)27-18/h2-14H,15H2,1H3. The van der Waals surface area contributed by atoms with Crippen LogP contribution in [0, 0.1) is 0 Å². The summed E-state index contributed by atoms with van der Waals surface area (Å²) in [6, 6.07) is 21.0. The van der Waals surface area contributed by atoms with Gasteiger partial charge >= 0.3 is 11.7 Å². The minimum Gasteiger partial charge on any atom is -0.465 e. The SMILES string of the molecule is COC(=O)c1cccc(-n2c(=O)n(Cc3ccc4ccccc4n3)c(=O)c3cccnc32)c1. The third kappa shape index (κ3) is 3.57. The predicted octanol–water partition coefficient (Wildman–Crippen LogP) is 2.93. The largest absolute Gasteiger partial charge is 0.465 e. The Morgan fingerprint density at radius 3 is 2.67 bits per heavy atom. The molecule has 0 unspecified atom stereocenters. The van der Waals surface area contributed by atoms with Crippen molar-refractivity contribution in [2.45, 2.75) is 6.54 Å². The van der Waals surface area contributed by atoms with Gasteiger partial charge in [0.05, 0.1) is 41.5 Å². The quantitative estimate of drug-likeness (QED) is 0.401. The lowest BCUT2D eigenvalue weighted by atomic mass is 10.2. The molecule has 0 amide bonds. The second kappa shape index (κ2) is 8.16. The number of ether oxygens (including phenoxy) is 1. The van der Waals surface area contributed by atoms with Crippen LogP contribution in [0.15, 0.2) is 88.6 Å². The topological polar surface area (TPSA) is 96.1 Å². The van der Waals surface area contributed by atoms with Gasteiger partial charge in [-0.25, -0.2) is 19.1 Å². The first kappa shape index (κ1) is 20.3. The number of esters is 1. The van der Waals surface area contributed by atoms with E-state index >= 15 is 0 Å². The molecule has 2 aromatic carbocycles. The minimum absolute atomic E-state index is 0.00989. The van der Waals surface area contributed by atoms with Crippen LogP contribution in [-0.2, 0) is 11.3 Å². The number of fused-ring (bicyclic) bond motifs is 2. The van der Waals surface area contributed by atoms with Gasteiger partial charge in [0.1, 0.15) is 0 Å². The Hall–Kier alpha value is -4.59. The molecule has 8 heteroatoms. The third-order valence-electron chi connectivity index (χ3n) is 5.40. The van der Waals surface area contributed by atoms with Gasteiger partial charge in [-0.15, -0.1) is 0 Å². The molecule has 0 saturated heterocycles. The van der Waals surface area contributed by atoms with Crippen LogP contribution in [0.4, 0.5) is 0 Å². The van der Waals surface area contributed by atoms with Crippen molar-refractivity contribution in [1.82, 2.24) is 19.1 Å². The number of aromatic nitrogens is 4. The van der Waals surface area contributed by atoms with E-state index in [1.54, 1.807) is 36.4 Å². The van der Waals surface area contributed by atoms with E-state index in [-0.39, 0.29) is 23.1 Å². The van der Waals surface area contributed by atoms with Gasteiger partial charge in [0, 0.05) is 11.6 Å². The average molecular weight is 438 g/mol. The highest BCUT2D eigenvalue weighted by atomic mass is 16.5. The molecule has 5 aromatic rings. The van der Waals surface area contributed by atoms with E-state index < -0.39 is 17.2 Å². The number of carbonyl (C=O) groups is 1. The number of hydrogen-bond donors (Lipinski definition) is 0. The zero-order chi connectivity index (χ0) is 22.9. The molecule has 0 bridgehead atoms. The number of benzene rings is 2. The Balaban J connectivity index is 1.73. The molecular formula is C25H18N4O4. The fourth-order valence-corrected chi connectivity index (χ4v) is 3.81. The van der Waals surface area contributed by atoms with E-state index in [2.05, 4.69) is 9.97 Å². The lowest BCUT2D eigenvalue weighted by Gasteiger charge is -2.14. The molecule has 0 radical (unpaired) electrons. The Labute approximate surface area is 187 Å². The normalized spacial score (nSPS) is 11.1. The number of pyridine rings is 2. The van der Waals surface area contributed by atoms with E-state index in [1.807, 2.05) is 30.3 Å². The van der Waals surface area contributed by atoms with Gasteiger partial charge in [-0.1, -0.05) is 30.3 Å². The van der Waals surface area contributed by atoms with Crippen LogP contribution in [0.25, 0.3) is 27.6 Å². The monoisotopic (exact) mass is 438 g/mol. The van der Waals surface area contributed by atoms with Crippen LogP contribution in [0.1, 0.15) is 16.1 Å². The maximum atomic E-state index is 13.6. The number of methoxy groups -OCH3 is 1. The molecule has 162 valence electrons. The highest BCUT2D eigenvalue weighted by Gasteiger charge is 2.17. The van der Waals surface area contributed by atoms with Crippen LogP contribution in [0.3, 0.4) is 0 Å². The zero-order valence-electron chi connectivity index (χ0n) is 17.6. The van der Waals surface area contributed by atoms with E-state index in [0.29, 0.717) is 11.4 Å². The molecule has 0 N–H and O–H groups in total. The zero-order valence-corrected chi connectivity index (χ0v) is 17.6. The highest BCUT2D eigenvalue weighted by molar-refractivity contribution is 5.90. The van der Waals surface area contributed by atoms with E-state index in [0.717, 1.165) is 15.5 Å². The van der Waals surface area contributed by atoms with Crippen molar-refractivity contribution in [1.29, 1.82) is 0 Å². The summed E-state index contributed by atoms with van der Waals surface area (Å²) in [4.78, 5) is 47.7. The molecule has 33 heavy (non-hydrogen) atoms. The third-order valence-corrected chi connectivity index (χ3v) is 5.40. The van der Waals surface area contributed by atoms with Crippen molar-refractivity contribution in [3.8, 4) is 5.69 Å². The first-order chi connectivity index (χ1) is 16.1. The van der Waals surface area contributed by atoms with Crippen molar-refractivity contribution in [2.24, 2.45) is 0 Å². The van der Waals surface area contributed by atoms with Crippen molar-refractivity contribution in [3.05, 3.63) is 111 Å². The van der Waals surface area contributed by atoms with Crippen LogP contribution in [0.2, 0.25) is 0 Å². The average Bonchev–Trinajstić information content (AvgIpc) is 2.86. The molecule has 5 rings (SSSR count). The summed E-state index contributed by atoms with van der Waals surface area (Å²) in [5.41, 5.74) is 1.19. The second-order valence-corrected chi connectivity index (χ2v) is 7.42.